The van der Waals surface area contributed by atoms with Crippen LogP contribution in [-0.2, 0) is 16.0 Å². The van der Waals surface area contributed by atoms with E-state index < -0.39 is 11.6 Å². The maximum Gasteiger partial charge on any atom is 0.339 e. The zero-order valence-corrected chi connectivity index (χ0v) is 14.2. The third kappa shape index (κ3) is 4.37. The number of phenols is 1. The molecule has 2 aromatic rings. The Labute approximate surface area is 144 Å². The fourth-order valence-corrected chi connectivity index (χ4v) is 2.66. The first-order chi connectivity index (χ1) is 11.8. The molecule has 0 aliphatic rings. The van der Waals surface area contributed by atoms with Crippen LogP contribution >= 0.6 is 0 Å². The van der Waals surface area contributed by atoms with Gasteiger partial charge in [0.2, 0.25) is 5.91 Å². The zero-order chi connectivity index (χ0) is 18.6. The minimum Gasteiger partial charge on any atom is -0.508 e. The Kier molecular flexibility index (Phi) is 5.80. The lowest BCUT2D eigenvalue weighted by molar-refractivity contribution is -0.137. The lowest BCUT2D eigenvalue weighted by Gasteiger charge is -2.10. The smallest absolute Gasteiger partial charge is 0.339 e. The highest BCUT2D eigenvalue weighted by atomic mass is 16.4. The Morgan fingerprint density at radius 2 is 1.88 bits per heavy atom. The van der Waals surface area contributed by atoms with Crippen molar-refractivity contribution in [3.8, 4) is 5.75 Å². The van der Waals surface area contributed by atoms with Gasteiger partial charge < -0.3 is 19.9 Å². The van der Waals surface area contributed by atoms with Crippen LogP contribution < -0.4 is 10.9 Å². The van der Waals surface area contributed by atoms with Gasteiger partial charge in [0, 0.05) is 35.9 Å². The van der Waals surface area contributed by atoms with Gasteiger partial charge >= 0.3 is 11.6 Å². The molecule has 7 nitrogen and oxygen atoms in total. The van der Waals surface area contributed by atoms with E-state index in [9.17, 15) is 19.5 Å². The van der Waals surface area contributed by atoms with Crippen molar-refractivity contribution < 1.29 is 24.2 Å². The second kappa shape index (κ2) is 7.83. The maximum atomic E-state index is 12.2. The first-order valence-corrected chi connectivity index (χ1v) is 8.04. The highest BCUT2D eigenvalue weighted by molar-refractivity contribution is 5.85. The number of aryl methyl sites for hydroxylation is 2. The molecule has 1 aromatic carbocycles. The van der Waals surface area contributed by atoms with E-state index in [0.29, 0.717) is 23.1 Å². The summed E-state index contributed by atoms with van der Waals surface area (Å²) in [6, 6.07) is 3.23. The number of hydrogen-bond donors (Lipinski definition) is 3. The standard InChI is InChI=1S/C18H21NO6/c1-10-12-5-7-14(20)11(2)17(12)25-18(24)13(10)6-8-15(21)19-9-3-4-16(22)23/h5,7,20H,3-4,6,8-9H2,1-2H3,(H,19,21)(H,22,23). The van der Waals surface area contributed by atoms with Gasteiger partial charge in [0.25, 0.3) is 0 Å². The normalized spacial score (nSPS) is 10.8. The van der Waals surface area contributed by atoms with Crippen molar-refractivity contribution in [3.05, 3.63) is 39.2 Å². The molecule has 1 amide bonds. The van der Waals surface area contributed by atoms with Gasteiger partial charge in [0.05, 0.1) is 0 Å². The Morgan fingerprint density at radius 3 is 2.56 bits per heavy atom. The van der Waals surface area contributed by atoms with Gasteiger partial charge in [-0.1, -0.05) is 0 Å². The average molecular weight is 347 g/mol. The van der Waals surface area contributed by atoms with Gasteiger partial charge in [-0.25, -0.2) is 4.79 Å². The Hall–Kier alpha value is -2.83. The molecule has 0 atom stereocenters. The molecule has 25 heavy (non-hydrogen) atoms. The highest BCUT2D eigenvalue weighted by Gasteiger charge is 2.15. The van der Waals surface area contributed by atoms with E-state index in [2.05, 4.69) is 5.32 Å². The number of rotatable bonds is 7. The number of fused-ring (bicyclic) bond motifs is 1. The lowest BCUT2D eigenvalue weighted by atomic mass is 10.0. The predicted molar refractivity (Wildman–Crippen MR) is 91.8 cm³/mol. The number of phenolic OH excluding ortho intramolecular Hbond substituents is 1. The monoisotopic (exact) mass is 347 g/mol. The molecule has 0 fully saturated rings. The number of aliphatic carboxylic acids is 1. The average Bonchev–Trinajstić information content (AvgIpc) is 2.55. The van der Waals surface area contributed by atoms with E-state index in [1.54, 1.807) is 26.0 Å². The van der Waals surface area contributed by atoms with Crippen molar-refractivity contribution in [2.75, 3.05) is 6.54 Å². The summed E-state index contributed by atoms with van der Waals surface area (Å²) in [4.78, 5) is 34.5. The maximum absolute atomic E-state index is 12.2. The van der Waals surface area contributed by atoms with Crippen molar-refractivity contribution in [1.29, 1.82) is 0 Å². The summed E-state index contributed by atoms with van der Waals surface area (Å²) in [6.07, 6.45) is 0.705. The van der Waals surface area contributed by atoms with Crippen molar-refractivity contribution >= 4 is 22.8 Å². The SMILES string of the molecule is Cc1c(CCC(=O)NCCCC(=O)O)c(=O)oc2c(C)c(O)ccc12. The number of carbonyl (C=O) groups is 2. The van der Waals surface area contributed by atoms with Crippen molar-refractivity contribution in [1.82, 2.24) is 5.32 Å². The summed E-state index contributed by atoms with van der Waals surface area (Å²) in [5, 5.41) is 21.6. The molecule has 1 aromatic heterocycles. The van der Waals surface area contributed by atoms with Crippen molar-refractivity contribution in [2.24, 2.45) is 0 Å². The van der Waals surface area contributed by atoms with Gasteiger partial charge in [0.1, 0.15) is 11.3 Å². The van der Waals surface area contributed by atoms with E-state index in [0.717, 1.165) is 10.9 Å². The third-order valence-corrected chi connectivity index (χ3v) is 4.17. The fourth-order valence-electron chi connectivity index (χ4n) is 2.66. The topological polar surface area (TPSA) is 117 Å². The van der Waals surface area contributed by atoms with Gasteiger partial charge in [0.15, 0.2) is 0 Å². The molecule has 0 unspecified atom stereocenters. The van der Waals surface area contributed by atoms with Crippen LogP contribution in [0.2, 0.25) is 0 Å². The van der Waals surface area contributed by atoms with Crippen LogP contribution in [-0.4, -0.2) is 28.6 Å². The number of amides is 1. The number of aromatic hydroxyl groups is 1. The molecule has 3 N–H and O–H groups in total. The lowest BCUT2D eigenvalue weighted by Crippen LogP contribution is -2.26. The van der Waals surface area contributed by atoms with E-state index >= 15 is 0 Å². The van der Waals surface area contributed by atoms with Gasteiger partial charge in [-0.15, -0.1) is 0 Å². The van der Waals surface area contributed by atoms with Crippen LogP contribution in [0.1, 0.15) is 36.0 Å². The highest BCUT2D eigenvalue weighted by Crippen LogP contribution is 2.28. The first-order valence-electron chi connectivity index (χ1n) is 8.04. The Balaban J connectivity index is 2.09. The molecule has 2 rings (SSSR count). The minimum absolute atomic E-state index is 0.000152. The summed E-state index contributed by atoms with van der Waals surface area (Å²) >= 11 is 0. The van der Waals surface area contributed by atoms with E-state index in [1.165, 1.54) is 0 Å². The summed E-state index contributed by atoms with van der Waals surface area (Å²) in [5.74, 6) is -1.09. The van der Waals surface area contributed by atoms with Crippen molar-refractivity contribution in [3.63, 3.8) is 0 Å². The van der Waals surface area contributed by atoms with E-state index in [4.69, 9.17) is 9.52 Å². The number of nitrogens with one attached hydrogen (secondary N) is 1. The minimum atomic E-state index is -0.903. The molecule has 0 aliphatic carbocycles. The van der Waals surface area contributed by atoms with E-state index in [-0.39, 0.29) is 37.5 Å². The van der Waals surface area contributed by atoms with Gasteiger partial charge in [-0.2, -0.15) is 0 Å². The molecule has 0 radical (unpaired) electrons. The summed E-state index contributed by atoms with van der Waals surface area (Å²) in [6.45, 7) is 3.75. The van der Waals surface area contributed by atoms with Crippen LogP contribution in [0.15, 0.2) is 21.3 Å². The Bertz CT molecular complexity index is 868. The summed E-state index contributed by atoms with van der Waals surface area (Å²) < 4.78 is 5.33. The molecule has 0 saturated carbocycles. The van der Waals surface area contributed by atoms with Crippen molar-refractivity contribution in [2.45, 2.75) is 39.5 Å². The molecule has 7 heteroatoms. The summed E-state index contributed by atoms with van der Waals surface area (Å²) in [7, 11) is 0. The van der Waals surface area contributed by atoms with E-state index in [1.807, 2.05) is 0 Å². The molecule has 1 heterocycles. The van der Waals surface area contributed by atoms with Crippen LogP contribution in [0.3, 0.4) is 0 Å². The van der Waals surface area contributed by atoms with Crippen LogP contribution in [0.4, 0.5) is 0 Å². The molecular weight excluding hydrogens is 326 g/mol. The molecule has 134 valence electrons. The van der Waals surface area contributed by atoms with Gasteiger partial charge in [-0.3, -0.25) is 9.59 Å². The number of benzene rings is 1. The summed E-state index contributed by atoms with van der Waals surface area (Å²) in [5.41, 5.74) is 1.49. The predicted octanol–water partition coefficient (Wildman–Crippen LogP) is 2.03. The number of carboxylic acids is 1. The fraction of sp³-hybridized carbons (Fsp3) is 0.389. The third-order valence-electron chi connectivity index (χ3n) is 4.17. The largest absolute Gasteiger partial charge is 0.508 e. The molecule has 0 bridgehead atoms. The van der Waals surface area contributed by atoms with Crippen LogP contribution in [0.5, 0.6) is 5.75 Å². The van der Waals surface area contributed by atoms with Gasteiger partial charge in [-0.05, 0) is 44.4 Å². The quantitative estimate of drug-likeness (QED) is 0.521. The van der Waals surface area contributed by atoms with Crippen LogP contribution in [0.25, 0.3) is 11.0 Å². The van der Waals surface area contributed by atoms with Crippen LogP contribution in [0, 0.1) is 13.8 Å². The first kappa shape index (κ1) is 18.5. The molecule has 0 spiro atoms. The molecular formula is C18H21NO6. The number of carboxylic acid groups (broad SMARTS) is 1. The molecule has 0 aliphatic heterocycles. The number of carbonyl (C=O) groups excluding carboxylic acids is 1. The second-order valence-corrected chi connectivity index (χ2v) is 5.93. The molecule has 0 saturated heterocycles. The zero-order valence-electron chi connectivity index (χ0n) is 14.2. The Morgan fingerprint density at radius 1 is 1.16 bits per heavy atom. The second-order valence-electron chi connectivity index (χ2n) is 5.93. The number of hydrogen-bond acceptors (Lipinski definition) is 5.